The molecule has 0 fully saturated rings. The summed E-state index contributed by atoms with van der Waals surface area (Å²) in [6.45, 7) is 3.29. The molecule has 1 amide bonds. The van der Waals surface area contributed by atoms with Gasteiger partial charge in [0.15, 0.2) is 0 Å². The quantitative estimate of drug-likeness (QED) is 0.750. The number of carbonyl (C=O) groups excluding carboxylic acids is 1. The van der Waals surface area contributed by atoms with Crippen molar-refractivity contribution in [3.8, 4) is 5.75 Å². The summed E-state index contributed by atoms with van der Waals surface area (Å²) in [5.41, 5.74) is 0. The Bertz CT molecular complexity index is 615. The van der Waals surface area contributed by atoms with Crippen LogP contribution in [-0.4, -0.2) is 28.2 Å². The highest BCUT2D eigenvalue weighted by Crippen LogP contribution is 2.28. The van der Waals surface area contributed by atoms with E-state index in [2.05, 4.69) is 15.9 Å². The normalized spacial score (nSPS) is 10.6. The van der Waals surface area contributed by atoms with Gasteiger partial charge >= 0.3 is 0 Å². The Hall–Kier alpha value is -0.980. The van der Waals surface area contributed by atoms with Crippen molar-refractivity contribution in [3.63, 3.8) is 0 Å². The van der Waals surface area contributed by atoms with E-state index >= 15 is 0 Å². The maximum atomic E-state index is 12.3. The molecular weight excluding hydrogens is 370 g/mol. The lowest BCUT2D eigenvalue weighted by Gasteiger charge is -2.20. The molecule has 21 heavy (non-hydrogen) atoms. The fourth-order valence-electron chi connectivity index (χ4n) is 1.81. The minimum atomic E-state index is 0.0790. The Morgan fingerprint density at radius 2 is 2.10 bits per heavy atom. The Kier molecular flexibility index (Phi) is 6.14. The largest absolute Gasteiger partial charge is 0.507 e. The van der Waals surface area contributed by atoms with Crippen LogP contribution in [0.5, 0.6) is 5.75 Å². The molecule has 1 heterocycles. The predicted molar refractivity (Wildman–Crippen MR) is 91.9 cm³/mol. The van der Waals surface area contributed by atoms with Gasteiger partial charge in [0.1, 0.15) is 5.75 Å². The fourth-order valence-corrected chi connectivity index (χ4v) is 4.16. The second-order valence-electron chi connectivity index (χ2n) is 4.37. The van der Waals surface area contributed by atoms with E-state index in [0.717, 1.165) is 13.6 Å². The Labute approximate surface area is 141 Å². The van der Waals surface area contributed by atoms with Crippen LogP contribution in [0.4, 0.5) is 0 Å². The summed E-state index contributed by atoms with van der Waals surface area (Å²) in [5, 5.41) is 9.71. The van der Waals surface area contributed by atoms with Gasteiger partial charge < -0.3 is 10.0 Å². The van der Waals surface area contributed by atoms with Crippen molar-refractivity contribution in [2.75, 3.05) is 12.3 Å². The number of hydrogen-bond donors (Lipinski definition) is 1. The SMILES string of the molecule is CCN(Cc1ccc(Br)s1)C(=O)CSc1ccccc1O. The Morgan fingerprint density at radius 3 is 2.71 bits per heavy atom. The fraction of sp³-hybridized carbons (Fsp3) is 0.267. The first-order valence-corrected chi connectivity index (χ1v) is 9.12. The first-order valence-electron chi connectivity index (χ1n) is 6.53. The zero-order chi connectivity index (χ0) is 15.2. The number of amides is 1. The zero-order valence-electron chi connectivity index (χ0n) is 11.6. The summed E-state index contributed by atoms with van der Waals surface area (Å²) in [6, 6.07) is 11.1. The molecule has 0 aliphatic heterocycles. The van der Waals surface area contributed by atoms with E-state index in [1.807, 2.05) is 36.1 Å². The van der Waals surface area contributed by atoms with E-state index in [4.69, 9.17) is 0 Å². The van der Waals surface area contributed by atoms with E-state index in [1.165, 1.54) is 11.8 Å². The smallest absolute Gasteiger partial charge is 0.233 e. The van der Waals surface area contributed by atoms with Crippen LogP contribution in [0.1, 0.15) is 11.8 Å². The molecular formula is C15H16BrNO2S2. The van der Waals surface area contributed by atoms with Gasteiger partial charge in [-0.3, -0.25) is 4.79 Å². The van der Waals surface area contributed by atoms with Crippen molar-refractivity contribution in [3.05, 3.63) is 45.1 Å². The number of phenolic OH excluding ortho intramolecular Hbond substituents is 1. The third-order valence-electron chi connectivity index (χ3n) is 2.93. The monoisotopic (exact) mass is 385 g/mol. The molecule has 6 heteroatoms. The molecule has 0 saturated heterocycles. The van der Waals surface area contributed by atoms with Gasteiger partial charge in [-0.25, -0.2) is 0 Å². The van der Waals surface area contributed by atoms with Crippen molar-refractivity contribution < 1.29 is 9.90 Å². The third-order valence-corrected chi connectivity index (χ3v) is 5.58. The highest BCUT2D eigenvalue weighted by atomic mass is 79.9. The van der Waals surface area contributed by atoms with Crippen molar-refractivity contribution in [1.82, 2.24) is 4.90 Å². The average molecular weight is 386 g/mol. The molecule has 2 rings (SSSR count). The molecule has 1 N–H and O–H groups in total. The van der Waals surface area contributed by atoms with E-state index in [1.54, 1.807) is 23.5 Å². The number of carbonyl (C=O) groups is 1. The van der Waals surface area contributed by atoms with E-state index in [9.17, 15) is 9.90 Å². The van der Waals surface area contributed by atoms with Crippen molar-refractivity contribution >= 4 is 44.9 Å². The maximum absolute atomic E-state index is 12.3. The van der Waals surface area contributed by atoms with Gasteiger partial charge in [-0.15, -0.1) is 23.1 Å². The Morgan fingerprint density at radius 1 is 1.33 bits per heavy atom. The molecule has 0 atom stereocenters. The summed E-state index contributed by atoms with van der Waals surface area (Å²) in [6.07, 6.45) is 0. The number of aromatic hydroxyl groups is 1. The van der Waals surface area contributed by atoms with Crippen LogP contribution < -0.4 is 0 Å². The predicted octanol–water partition coefficient (Wildman–Crippen LogP) is 4.36. The standard InChI is InChI=1S/C15H16BrNO2S2/c1-2-17(9-11-7-8-14(16)21-11)15(19)10-20-13-6-4-3-5-12(13)18/h3-8,18H,2,9-10H2,1H3. The van der Waals surface area contributed by atoms with E-state index in [-0.39, 0.29) is 11.7 Å². The van der Waals surface area contributed by atoms with Crippen LogP contribution in [0.2, 0.25) is 0 Å². The molecule has 0 aliphatic rings. The highest BCUT2D eigenvalue weighted by Gasteiger charge is 2.14. The lowest BCUT2D eigenvalue weighted by Crippen LogP contribution is -2.31. The second kappa shape index (κ2) is 7.87. The minimum absolute atomic E-state index is 0.0790. The number of thiophene rings is 1. The Balaban J connectivity index is 1.93. The van der Waals surface area contributed by atoms with E-state index in [0.29, 0.717) is 18.8 Å². The van der Waals surface area contributed by atoms with Crippen molar-refractivity contribution in [2.24, 2.45) is 0 Å². The van der Waals surface area contributed by atoms with Gasteiger partial charge in [0.25, 0.3) is 0 Å². The van der Waals surface area contributed by atoms with E-state index < -0.39 is 0 Å². The van der Waals surface area contributed by atoms with Crippen LogP contribution in [0.15, 0.2) is 45.1 Å². The van der Waals surface area contributed by atoms with Crippen LogP contribution in [-0.2, 0) is 11.3 Å². The number of halogens is 1. The minimum Gasteiger partial charge on any atom is -0.507 e. The molecule has 0 spiro atoms. The number of thioether (sulfide) groups is 1. The molecule has 0 aliphatic carbocycles. The number of phenols is 1. The van der Waals surface area contributed by atoms with Crippen LogP contribution in [0.3, 0.4) is 0 Å². The van der Waals surface area contributed by atoms with Gasteiger partial charge in [-0.2, -0.15) is 0 Å². The van der Waals surface area contributed by atoms with Gasteiger partial charge in [-0.05, 0) is 47.1 Å². The second-order valence-corrected chi connectivity index (χ2v) is 7.93. The van der Waals surface area contributed by atoms with Crippen molar-refractivity contribution in [2.45, 2.75) is 18.4 Å². The summed E-state index contributed by atoms with van der Waals surface area (Å²) in [5.74, 6) is 0.633. The zero-order valence-corrected chi connectivity index (χ0v) is 14.8. The molecule has 3 nitrogen and oxygen atoms in total. The van der Waals surface area contributed by atoms with Gasteiger partial charge in [-0.1, -0.05) is 12.1 Å². The molecule has 0 unspecified atom stereocenters. The molecule has 0 bridgehead atoms. The van der Waals surface area contributed by atoms with Gasteiger partial charge in [0, 0.05) is 16.3 Å². The van der Waals surface area contributed by atoms with Crippen molar-refractivity contribution in [1.29, 1.82) is 0 Å². The summed E-state index contributed by atoms with van der Waals surface area (Å²) in [4.78, 5) is 16.0. The van der Waals surface area contributed by atoms with Crippen LogP contribution >= 0.6 is 39.0 Å². The highest BCUT2D eigenvalue weighted by molar-refractivity contribution is 9.11. The molecule has 2 aromatic rings. The maximum Gasteiger partial charge on any atom is 0.233 e. The first-order chi connectivity index (χ1) is 10.1. The summed E-state index contributed by atoms with van der Waals surface area (Å²) >= 11 is 6.44. The van der Waals surface area contributed by atoms with Gasteiger partial charge in [0.05, 0.1) is 16.1 Å². The number of rotatable bonds is 6. The number of para-hydroxylation sites is 1. The lowest BCUT2D eigenvalue weighted by molar-refractivity contribution is -0.128. The summed E-state index contributed by atoms with van der Waals surface area (Å²) in [7, 11) is 0. The topological polar surface area (TPSA) is 40.5 Å². The molecule has 1 aromatic carbocycles. The average Bonchev–Trinajstić information content (AvgIpc) is 2.89. The number of benzene rings is 1. The molecule has 0 saturated carbocycles. The number of nitrogens with zero attached hydrogens (tertiary/aromatic N) is 1. The molecule has 1 aromatic heterocycles. The molecule has 0 radical (unpaired) electrons. The number of hydrogen-bond acceptors (Lipinski definition) is 4. The lowest BCUT2D eigenvalue weighted by atomic mass is 10.3. The molecule has 112 valence electrons. The van der Waals surface area contributed by atoms with Gasteiger partial charge in [0.2, 0.25) is 5.91 Å². The first kappa shape index (κ1) is 16.4. The van der Waals surface area contributed by atoms with Crippen LogP contribution in [0, 0.1) is 0 Å². The summed E-state index contributed by atoms with van der Waals surface area (Å²) < 4.78 is 1.07. The van der Waals surface area contributed by atoms with Crippen LogP contribution in [0.25, 0.3) is 0 Å². The third kappa shape index (κ3) is 4.76.